The molecule has 0 unspecified atom stereocenters. The van der Waals surface area contributed by atoms with Gasteiger partial charge in [-0.05, 0) is 84.1 Å². The lowest BCUT2D eigenvalue weighted by atomic mass is 9.87. The number of benzene rings is 8. The molecule has 1 heterocycles. The highest BCUT2D eigenvalue weighted by Crippen LogP contribution is 2.50. The molecule has 0 fully saturated rings. The molecule has 0 saturated carbocycles. The van der Waals surface area contributed by atoms with Gasteiger partial charge in [0.1, 0.15) is 11.5 Å². The summed E-state index contributed by atoms with van der Waals surface area (Å²) in [5, 5.41) is 7.40. The van der Waals surface area contributed by atoms with E-state index >= 15 is 0 Å². The maximum atomic E-state index is 6.66. The van der Waals surface area contributed by atoms with Crippen LogP contribution in [0.2, 0.25) is 0 Å². The Morgan fingerprint density at radius 2 is 0.884 bits per heavy atom. The van der Waals surface area contributed by atoms with E-state index in [1.165, 1.54) is 65.7 Å². The molecule has 43 heavy (non-hydrogen) atoms. The van der Waals surface area contributed by atoms with Gasteiger partial charge in [0, 0.05) is 10.9 Å². The average molecular weight is 547 g/mol. The maximum absolute atomic E-state index is 6.66. The van der Waals surface area contributed by atoms with E-state index in [1.54, 1.807) is 0 Å². The molecular weight excluding hydrogens is 520 g/mol. The minimum absolute atomic E-state index is 0.896. The Labute approximate surface area is 250 Å². The molecule has 0 saturated heterocycles. The molecule has 1 aliphatic heterocycles. The lowest BCUT2D eigenvalue weighted by molar-refractivity contribution is 0.487. The molecule has 8 aromatic carbocycles. The summed E-state index contributed by atoms with van der Waals surface area (Å²) in [5.74, 6) is 1.80. The van der Waals surface area contributed by atoms with Crippen LogP contribution < -0.4 is 4.74 Å². The smallest absolute Gasteiger partial charge is 0.135 e. The van der Waals surface area contributed by atoms with E-state index in [2.05, 4.69) is 158 Å². The first-order chi connectivity index (χ1) is 21.3. The van der Waals surface area contributed by atoms with Gasteiger partial charge in [-0.3, -0.25) is 0 Å². The Balaban J connectivity index is 1.19. The largest absolute Gasteiger partial charge is 0.456 e. The lowest BCUT2D eigenvalue weighted by Crippen LogP contribution is -1.98. The second-order valence-electron chi connectivity index (χ2n) is 11.3. The standard InChI is InChI=1S/C42H26O/c1-2-10-27(11-3-1)31-23-25-39-37-21-20-29(26-41(37)43-40-19-9-18-38(31)42(39)40)32-22-24-36(35-16-7-6-15-33(32)35)34-17-8-13-28-12-4-5-14-30(28)34/h1-26H. The van der Waals surface area contributed by atoms with Crippen molar-refractivity contribution >= 4 is 32.3 Å². The van der Waals surface area contributed by atoms with Gasteiger partial charge < -0.3 is 4.74 Å². The predicted octanol–water partition coefficient (Wildman–Crippen LogP) is 11.9. The fourth-order valence-corrected chi connectivity index (χ4v) is 6.91. The molecule has 0 bridgehead atoms. The third-order valence-corrected chi connectivity index (χ3v) is 8.89. The number of hydrogen-bond acceptors (Lipinski definition) is 1. The molecule has 1 aliphatic rings. The zero-order valence-electron chi connectivity index (χ0n) is 23.4. The van der Waals surface area contributed by atoms with Crippen molar-refractivity contribution in [1.82, 2.24) is 0 Å². The highest BCUT2D eigenvalue weighted by atomic mass is 16.5. The minimum atomic E-state index is 0.896. The Hall–Kier alpha value is -5.66. The molecule has 0 N–H and O–H groups in total. The molecule has 1 nitrogen and oxygen atoms in total. The first-order valence-electron chi connectivity index (χ1n) is 14.8. The van der Waals surface area contributed by atoms with Crippen molar-refractivity contribution < 1.29 is 4.74 Å². The van der Waals surface area contributed by atoms with Crippen LogP contribution in [0.3, 0.4) is 0 Å². The number of fused-ring (bicyclic) bond motifs is 4. The summed E-state index contributed by atoms with van der Waals surface area (Å²) in [4.78, 5) is 0. The Bertz CT molecular complexity index is 2360. The Morgan fingerprint density at radius 3 is 1.74 bits per heavy atom. The van der Waals surface area contributed by atoms with Crippen molar-refractivity contribution in [2.75, 3.05) is 0 Å². The molecular formula is C42H26O. The van der Waals surface area contributed by atoms with Gasteiger partial charge in [-0.15, -0.1) is 0 Å². The van der Waals surface area contributed by atoms with Gasteiger partial charge >= 0.3 is 0 Å². The first-order valence-corrected chi connectivity index (χ1v) is 14.8. The molecule has 9 rings (SSSR count). The van der Waals surface area contributed by atoms with E-state index in [1.807, 2.05) is 0 Å². The molecule has 0 spiro atoms. The monoisotopic (exact) mass is 546 g/mol. The normalized spacial score (nSPS) is 11.9. The molecule has 0 atom stereocenters. The van der Waals surface area contributed by atoms with E-state index in [0.717, 1.165) is 22.6 Å². The Morgan fingerprint density at radius 1 is 0.302 bits per heavy atom. The summed E-state index contributed by atoms with van der Waals surface area (Å²) in [6, 6.07) is 56.7. The molecule has 8 aromatic rings. The van der Waals surface area contributed by atoms with Crippen LogP contribution in [0.25, 0.3) is 76.8 Å². The van der Waals surface area contributed by atoms with Crippen LogP contribution in [-0.4, -0.2) is 0 Å². The van der Waals surface area contributed by atoms with Crippen molar-refractivity contribution in [3.05, 3.63) is 158 Å². The number of ether oxygens (including phenoxy) is 1. The van der Waals surface area contributed by atoms with Crippen molar-refractivity contribution in [1.29, 1.82) is 0 Å². The second-order valence-corrected chi connectivity index (χ2v) is 11.3. The second kappa shape index (κ2) is 9.44. The molecule has 0 aromatic heterocycles. The SMILES string of the molecule is c1ccc(-c2ccc3c4c(cccc24)Oc2cc(-c4ccc(-c5cccc6ccccc56)c5ccccc45)ccc2-3)cc1. The zero-order chi connectivity index (χ0) is 28.3. The van der Waals surface area contributed by atoms with Crippen LogP contribution in [0.15, 0.2) is 158 Å². The van der Waals surface area contributed by atoms with Crippen LogP contribution in [-0.2, 0) is 0 Å². The quantitative estimate of drug-likeness (QED) is 0.214. The van der Waals surface area contributed by atoms with Crippen molar-refractivity contribution in [3.8, 4) is 56.0 Å². The van der Waals surface area contributed by atoms with Gasteiger partial charge in [0.05, 0.1) is 0 Å². The third-order valence-electron chi connectivity index (χ3n) is 8.89. The minimum Gasteiger partial charge on any atom is -0.456 e. The summed E-state index contributed by atoms with van der Waals surface area (Å²) in [6.07, 6.45) is 0. The van der Waals surface area contributed by atoms with Crippen molar-refractivity contribution in [3.63, 3.8) is 0 Å². The van der Waals surface area contributed by atoms with Gasteiger partial charge in [0.25, 0.3) is 0 Å². The van der Waals surface area contributed by atoms with E-state index in [0.29, 0.717) is 0 Å². The summed E-state index contributed by atoms with van der Waals surface area (Å²) < 4.78 is 6.66. The van der Waals surface area contributed by atoms with Gasteiger partial charge in [-0.2, -0.15) is 0 Å². The van der Waals surface area contributed by atoms with Crippen LogP contribution in [0.1, 0.15) is 0 Å². The van der Waals surface area contributed by atoms with E-state index in [-0.39, 0.29) is 0 Å². The average Bonchev–Trinajstić information content (AvgIpc) is 3.08. The number of rotatable bonds is 3. The lowest BCUT2D eigenvalue weighted by Gasteiger charge is -2.23. The first kappa shape index (κ1) is 24.0. The van der Waals surface area contributed by atoms with E-state index < -0.39 is 0 Å². The summed E-state index contributed by atoms with van der Waals surface area (Å²) in [5.41, 5.74) is 9.64. The summed E-state index contributed by atoms with van der Waals surface area (Å²) >= 11 is 0. The van der Waals surface area contributed by atoms with Crippen molar-refractivity contribution in [2.24, 2.45) is 0 Å². The molecule has 0 radical (unpaired) electrons. The van der Waals surface area contributed by atoms with Crippen LogP contribution in [0, 0.1) is 0 Å². The van der Waals surface area contributed by atoms with E-state index in [4.69, 9.17) is 4.74 Å². The van der Waals surface area contributed by atoms with Crippen molar-refractivity contribution in [2.45, 2.75) is 0 Å². The van der Waals surface area contributed by atoms with Crippen LogP contribution in [0.5, 0.6) is 11.5 Å². The van der Waals surface area contributed by atoms with Gasteiger partial charge in [0.2, 0.25) is 0 Å². The molecule has 0 aliphatic carbocycles. The zero-order valence-corrected chi connectivity index (χ0v) is 23.4. The van der Waals surface area contributed by atoms with E-state index in [9.17, 15) is 0 Å². The summed E-state index contributed by atoms with van der Waals surface area (Å²) in [6.45, 7) is 0. The molecule has 0 amide bonds. The van der Waals surface area contributed by atoms with Crippen LogP contribution in [0.4, 0.5) is 0 Å². The van der Waals surface area contributed by atoms with Gasteiger partial charge in [0.15, 0.2) is 0 Å². The topological polar surface area (TPSA) is 9.23 Å². The van der Waals surface area contributed by atoms with Gasteiger partial charge in [-0.25, -0.2) is 0 Å². The fourth-order valence-electron chi connectivity index (χ4n) is 6.91. The Kier molecular flexibility index (Phi) is 5.27. The summed E-state index contributed by atoms with van der Waals surface area (Å²) in [7, 11) is 0. The predicted molar refractivity (Wildman–Crippen MR) is 181 cm³/mol. The third kappa shape index (κ3) is 3.72. The molecule has 200 valence electrons. The van der Waals surface area contributed by atoms with Crippen LogP contribution >= 0.6 is 0 Å². The molecule has 1 heteroatoms. The number of hydrogen-bond donors (Lipinski definition) is 0. The van der Waals surface area contributed by atoms with Gasteiger partial charge in [-0.1, -0.05) is 140 Å². The highest BCUT2D eigenvalue weighted by molar-refractivity contribution is 6.12. The fraction of sp³-hybridized carbons (Fsp3) is 0. The highest BCUT2D eigenvalue weighted by Gasteiger charge is 2.22. The maximum Gasteiger partial charge on any atom is 0.135 e.